The van der Waals surface area contributed by atoms with Crippen LogP contribution in [0.15, 0.2) is 48.7 Å². The largest absolute Gasteiger partial charge is 0.351 e. The third-order valence-electron chi connectivity index (χ3n) is 3.09. The van der Waals surface area contributed by atoms with E-state index in [1.807, 2.05) is 24.3 Å². The number of nitrogens with one attached hydrogen (secondary N) is 1. The highest BCUT2D eigenvalue weighted by Crippen LogP contribution is 2.30. The molecule has 1 N–H and O–H groups in total. The average Bonchev–Trinajstić information content (AvgIpc) is 2.50. The Labute approximate surface area is 125 Å². The number of pyridine rings is 1. The molecule has 0 spiro atoms. The highest BCUT2D eigenvalue weighted by molar-refractivity contribution is 6.30. The van der Waals surface area contributed by atoms with Crippen LogP contribution in [0, 0.1) is 17.1 Å². The lowest BCUT2D eigenvalue weighted by Crippen LogP contribution is -1.98. The van der Waals surface area contributed by atoms with Gasteiger partial charge in [0.05, 0.1) is 22.5 Å². The zero-order valence-electron chi connectivity index (χ0n) is 10.8. The monoisotopic (exact) mass is 297 g/mol. The second-order valence-electron chi connectivity index (χ2n) is 4.42. The van der Waals surface area contributed by atoms with Crippen LogP contribution in [0.5, 0.6) is 0 Å². The molecule has 0 saturated heterocycles. The van der Waals surface area contributed by atoms with Gasteiger partial charge in [0.1, 0.15) is 11.9 Å². The number of nitrogens with zero attached hydrogens (tertiary/aromatic N) is 2. The van der Waals surface area contributed by atoms with Gasteiger partial charge in [0.2, 0.25) is 0 Å². The average molecular weight is 298 g/mol. The van der Waals surface area contributed by atoms with Gasteiger partial charge < -0.3 is 5.32 Å². The van der Waals surface area contributed by atoms with Crippen molar-refractivity contribution < 1.29 is 4.39 Å². The summed E-state index contributed by atoms with van der Waals surface area (Å²) in [5.41, 5.74) is 1.87. The van der Waals surface area contributed by atoms with Gasteiger partial charge >= 0.3 is 0 Å². The summed E-state index contributed by atoms with van der Waals surface area (Å²) in [6.45, 7) is 0. The van der Waals surface area contributed by atoms with Crippen molar-refractivity contribution >= 4 is 33.9 Å². The van der Waals surface area contributed by atoms with E-state index in [0.717, 1.165) is 10.9 Å². The van der Waals surface area contributed by atoms with Crippen LogP contribution < -0.4 is 5.32 Å². The van der Waals surface area contributed by atoms with Crippen molar-refractivity contribution in [1.29, 1.82) is 5.26 Å². The van der Waals surface area contributed by atoms with Gasteiger partial charge in [-0.25, -0.2) is 4.39 Å². The second-order valence-corrected chi connectivity index (χ2v) is 4.86. The zero-order valence-corrected chi connectivity index (χ0v) is 11.5. The maximum atomic E-state index is 13.9. The van der Waals surface area contributed by atoms with E-state index in [4.69, 9.17) is 11.6 Å². The number of hydrogen-bond acceptors (Lipinski definition) is 3. The molecule has 0 saturated carbocycles. The number of halogens is 2. The first kappa shape index (κ1) is 13.3. The fourth-order valence-electron chi connectivity index (χ4n) is 2.09. The van der Waals surface area contributed by atoms with Crippen LogP contribution in [-0.2, 0) is 0 Å². The zero-order chi connectivity index (χ0) is 14.8. The van der Waals surface area contributed by atoms with Crippen LogP contribution in [-0.4, -0.2) is 4.98 Å². The molecule has 3 nitrogen and oxygen atoms in total. The van der Waals surface area contributed by atoms with E-state index in [1.165, 1.54) is 18.3 Å². The Morgan fingerprint density at radius 2 is 2.00 bits per heavy atom. The summed E-state index contributed by atoms with van der Waals surface area (Å²) in [6.07, 6.45) is 1.47. The third kappa shape index (κ3) is 2.51. The standard InChI is InChI=1S/C16H9ClFN3/c17-11-5-6-15(13(18)7-11)21-16-10(8-19)9-20-14-4-2-1-3-12(14)16/h1-7,9H,(H,20,21). The van der Waals surface area contributed by atoms with Gasteiger partial charge in [0.15, 0.2) is 0 Å². The number of hydrogen-bond donors (Lipinski definition) is 1. The van der Waals surface area contributed by atoms with E-state index in [9.17, 15) is 9.65 Å². The Bertz CT molecular complexity index is 871. The van der Waals surface area contributed by atoms with Gasteiger partial charge in [-0.15, -0.1) is 0 Å². The Kier molecular flexibility index (Phi) is 3.43. The molecule has 1 aromatic heterocycles. The van der Waals surface area contributed by atoms with Crippen molar-refractivity contribution in [3.05, 3.63) is 65.1 Å². The number of nitriles is 1. The highest BCUT2D eigenvalue weighted by Gasteiger charge is 2.11. The lowest BCUT2D eigenvalue weighted by molar-refractivity contribution is 0.632. The lowest BCUT2D eigenvalue weighted by atomic mass is 10.1. The molecule has 0 aliphatic rings. The molecule has 3 aromatic rings. The molecule has 21 heavy (non-hydrogen) atoms. The Morgan fingerprint density at radius 1 is 1.19 bits per heavy atom. The number of anilines is 2. The fraction of sp³-hybridized carbons (Fsp3) is 0. The molecule has 102 valence electrons. The predicted octanol–water partition coefficient (Wildman–Crippen LogP) is 4.64. The maximum absolute atomic E-state index is 13.9. The summed E-state index contributed by atoms with van der Waals surface area (Å²) in [5.74, 6) is -0.479. The number of rotatable bonds is 2. The van der Waals surface area contributed by atoms with Crippen molar-refractivity contribution in [2.24, 2.45) is 0 Å². The van der Waals surface area contributed by atoms with Crippen LogP contribution in [0.3, 0.4) is 0 Å². The Morgan fingerprint density at radius 3 is 2.76 bits per heavy atom. The molecule has 0 atom stereocenters. The molecule has 0 radical (unpaired) electrons. The van der Waals surface area contributed by atoms with Crippen molar-refractivity contribution in [1.82, 2.24) is 4.98 Å². The summed E-state index contributed by atoms with van der Waals surface area (Å²) in [6, 6.07) is 13.8. The van der Waals surface area contributed by atoms with Gasteiger partial charge in [-0.05, 0) is 24.3 Å². The number of benzene rings is 2. The normalized spacial score (nSPS) is 10.3. The van der Waals surface area contributed by atoms with E-state index in [-0.39, 0.29) is 5.69 Å². The van der Waals surface area contributed by atoms with Crippen molar-refractivity contribution in [3.8, 4) is 6.07 Å². The molecule has 2 aromatic carbocycles. The van der Waals surface area contributed by atoms with Crippen LogP contribution in [0.25, 0.3) is 10.9 Å². The quantitative estimate of drug-likeness (QED) is 0.749. The van der Waals surface area contributed by atoms with Crippen LogP contribution in [0.1, 0.15) is 5.56 Å². The molecule has 5 heteroatoms. The SMILES string of the molecule is N#Cc1cnc2ccccc2c1Nc1ccc(Cl)cc1F. The molecule has 0 bridgehead atoms. The van der Waals surface area contributed by atoms with Crippen molar-refractivity contribution in [3.63, 3.8) is 0 Å². The first-order chi connectivity index (χ1) is 10.2. The molecule has 1 heterocycles. The van der Waals surface area contributed by atoms with Gasteiger partial charge in [-0.3, -0.25) is 4.98 Å². The summed E-state index contributed by atoms with van der Waals surface area (Å²) >= 11 is 5.74. The molecule has 0 aliphatic heterocycles. The van der Waals surface area contributed by atoms with Crippen LogP contribution >= 0.6 is 11.6 Å². The summed E-state index contributed by atoms with van der Waals surface area (Å²) in [7, 11) is 0. The molecule has 0 fully saturated rings. The van der Waals surface area contributed by atoms with E-state index in [1.54, 1.807) is 6.07 Å². The number of aromatic nitrogens is 1. The second kappa shape index (κ2) is 5.39. The molecule has 3 rings (SSSR count). The van der Waals surface area contributed by atoms with Crippen molar-refractivity contribution in [2.75, 3.05) is 5.32 Å². The summed E-state index contributed by atoms with van der Waals surface area (Å²) in [5, 5.41) is 13.3. The van der Waals surface area contributed by atoms with Gasteiger partial charge in [-0.2, -0.15) is 5.26 Å². The Hall–Kier alpha value is -2.64. The van der Waals surface area contributed by atoms with Crippen LogP contribution in [0.4, 0.5) is 15.8 Å². The number of fused-ring (bicyclic) bond motifs is 1. The van der Waals surface area contributed by atoms with Crippen LogP contribution in [0.2, 0.25) is 5.02 Å². The highest BCUT2D eigenvalue weighted by atomic mass is 35.5. The first-order valence-electron chi connectivity index (χ1n) is 6.19. The van der Waals surface area contributed by atoms with Crippen molar-refractivity contribution in [2.45, 2.75) is 0 Å². The minimum atomic E-state index is -0.479. The summed E-state index contributed by atoms with van der Waals surface area (Å²) in [4.78, 5) is 4.21. The topological polar surface area (TPSA) is 48.7 Å². The molecule has 0 amide bonds. The molecular weight excluding hydrogens is 289 g/mol. The van der Waals surface area contributed by atoms with E-state index < -0.39 is 5.82 Å². The summed E-state index contributed by atoms with van der Waals surface area (Å²) < 4.78 is 13.9. The smallest absolute Gasteiger partial charge is 0.148 e. The minimum Gasteiger partial charge on any atom is -0.351 e. The fourth-order valence-corrected chi connectivity index (χ4v) is 2.25. The minimum absolute atomic E-state index is 0.257. The molecule has 0 unspecified atom stereocenters. The van der Waals surface area contributed by atoms with Gasteiger partial charge in [0.25, 0.3) is 0 Å². The van der Waals surface area contributed by atoms with E-state index in [0.29, 0.717) is 16.3 Å². The maximum Gasteiger partial charge on any atom is 0.148 e. The number of para-hydroxylation sites is 1. The third-order valence-corrected chi connectivity index (χ3v) is 3.32. The van der Waals surface area contributed by atoms with E-state index in [2.05, 4.69) is 16.4 Å². The predicted molar refractivity (Wildman–Crippen MR) is 81.2 cm³/mol. The molecule has 0 aliphatic carbocycles. The first-order valence-corrected chi connectivity index (χ1v) is 6.57. The van der Waals surface area contributed by atoms with Gasteiger partial charge in [0, 0.05) is 16.6 Å². The van der Waals surface area contributed by atoms with Gasteiger partial charge in [-0.1, -0.05) is 29.8 Å². The lowest BCUT2D eigenvalue weighted by Gasteiger charge is -2.12. The van der Waals surface area contributed by atoms with E-state index >= 15 is 0 Å². The Balaban J connectivity index is 2.17. The molecular formula is C16H9ClFN3.